The molecule has 3 N–H and O–H groups in total. The fourth-order valence-corrected chi connectivity index (χ4v) is 2.56. The molecule has 1 aromatic rings. The zero-order valence-electron chi connectivity index (χ0n) is 10.7. The number of nitrogens with zero attached hydrogens (tertiary/aromatic N) is 1. The quantitative estimate of drug-likeness (QED) is 0.823. The van der Waals surface area contributed by atoms with Crippen LogP contribution in [-0.2, 0) is 4.79 Å². The zero-order chi connectivity index (χ0) is 12.8. The Morgan fingerprint density at radius 2 is 1.94 bits per heavy atom. The summed E-state index contributed by atoms with van der Waals surface area (Å²) in [6.07, 6.45) is 1.62. The smallest absolute Gasteiger partial charge is 0.229 e. The Balaban J connectivity index is 2.13. The Hall–Kier alpha value is -1.58. The van der Waals surface area contributed by atoms with Crippen molar-refractivity contribution in [3.8, 4) is 0 Å². The summed E-state index contributed by atoms with van der Waals surface area (Å²) in [4.78, 5) is 16.2. The normalized spacial score (nSPS) is 20.9. The lowest BCUT2D eigenvalue weighted by atomic mass is 10.0. The molecule has 0 radical (unpaired) electrons. The first-order chi connectivity index (χ1) is 7.78. The van der Waals surface area contributed by atoms with Crippen LogP contribution in [-0.4, -0.2) is 10.9 Å². The van der Waals surface area contributed by atoms with E-state index in [1.165, 1.54) is 0 Å². The van der Waals surface area contributed by atoms with E-state index in [-0.39, 0.29) is 22.7 Å². The summed E-state index contributed by atoms with van der Waals surface area (Å²) in [6.45, 7) is 8.44. The van der Waals surface area contributed by atoms with Gasteiger partial charge in [-0.15, -0.1) is 0 Å². The summed E-state index contributed by atoms with van der Waals surface area (Å²) in [5.41, 5.74) is 6.30. The predicted octanol–water partition coefficient (Wildman–Crippen LogP) is 2.28. The average Bonchev–Trinajstić information content (AvgIpc) is 2.61. The Morgan fingerprint density at radius 3 is 2.41 bits per heavy atom. The van der Waals surface area contributed by atoms with Gasteiger partial charge in [-0.25, -0.2) is 4.98 Å². The van der Waals surface area contributed by atoms with E-state index in [1.807, 2.05) is 0 Å². The lowest BCUT2D eigenvalue weighted by Gasteiger charge is -2.07. The van der Waals surface area contributed by atoms with Crippen molar-refractivity contribution in [2.24, 2.45) is 16.7 Å². The number of amides is 1. The number of aromatic nitrogens is 1. The van der Waals surface area contributed by atoms with Gasteiger partial charge in [0, 0.05) is 12.1 Å². The maximum absolute atomic E-state index is 12.2. The molecule has 0 spiro atoms. The van der Waals surface area contributed by atoms with Crippen LogP contribution in [0.3, 0.4) is 0 Å². The highest BCUT2D eigenvalue weighted by Crippen LogP contribution is 2.68. The van der Waals surface area contributed by atoms with E-state index in [1.54, 1.807) is 18.3 Å². The number of hydrogen-bond donors (Lipinski definition) is 2. The first kappa shape index (κ1) is 11.9. The summed E-state index contributed by atoms with van der Waals surface area (Å²) in [6, 6.07) is 3.47. The number of rotatable bonds is 2. The lowest BCUT2D eigenvalue weighted by molar-refractivity contribution is -0.118. The maximum Gasteiger partial charge on any atom is 0.229 e. The van der Waals surface area contributed by atoms with E-state index in [2.05, 4.69) is 38.0 Å². The lowest BCUT2D eigenvalue weighted by Crippen LogP contribution is -2.19. The molecule has 2 rings (SSSR count). The third kappa shape index (κ3) is 1.68. The highest BCUT2D eigenvalue weighted by molar-refractivity contribution is 5.97. The summed E-state index contributed by atoms with van der Waals surface area (Å²) >= 11 is 0. The highest BCUT2D eigenvalue weighted by Gasteiger charge is 2.68. The number of hydrogen-bond acceptors (Lipinski definition) is 3. The van der Waals surface area contributed by atoms with Crippen molar-refractivity contribution in [1.29, 1.82) is 0 Å². The third-order valence-corrected chi connectivity index (χ3v) is 4.36. The monoisotopic (exact) mass is 233 g/mol. The molecule has 4 nitrogen and oxygen atoms in total. The van der Waals surface area contributed by atoms with Gasteiger partial charge in [0.25, 0.3) is 0 Å². The van der Waals surface area contributed by atoms with Crippen LogP contribution < -0.4 is 11.1 Å². The van der Waals surface area contributed by atoms with Crippen LogP contribution in [0.4, 0.5) is 11.5 Å². The number of anilines is 2. The van der Waals surface area contributed by atoms with E-state index >= 15 is 0 Å². The molecule has 0 aromatic carbocycles. The molecule has 92 valence electrons. The molecule has 1 saturated carbocycles. The molecular formula is C13H19N3O. The molecule has 4 heteroatoms. The number of pyridine rings is 1. The zero-order valence-corrected chi connectivity index (χ0v) is 10.7. The van der Waals surface area contributed by atoms with Gasteiger partial charge in [0.15, 0.2) is 5.82 Å². The maximum atomic E-state index is 12.2. The first-order valence-electron chi connectivity index (χ1n) is 5.80. The van der Waals surface area contributed by atoms with Gasteiger partial charge in [-0.05, 0) is 23.0 Å². The molecule has 1 amide bonds. The van der Waals surface area contributed by atoms with E-state index in [9.17, 15) is 4.79 Å². The van der Waals surface area contributed by atoms with Gasteiger partial charge in [-0.1, -0.05) is 27.7 Å². The number of nitrogens with two attached hydrogens (primary N) is 1. The second-order valence-electron chi connectivity index (χ2n) is 5.81. The van der Waals surface area contributed by atoms with Gasteiger partial charge in [0.2, 0.25) is 5.91 Å². The Labute approximate surface area is 102 Å². The SMILES string of the molecule is CC1(C)C(C(=O)Nc2ncccc2N)C1(C)C. The van der Waals surface area contributed by atoms with Crippen molar-refractivity contribution in [3.05, 3.63) is 18.3 Å². The molecule has 17 heavy (non-hydrogen) atoms. The molecule has 1 heterocycles. The molecule has 0 bridgehead atoms. The van der Waals surface area contributed by atoms with Crippen LogP contribution in [0.1, 0.15) is 27.7 Å². The van der Waals surface area contributed by atoms with Crippen LogP contribution >= 0.6 is 0 Å². The Morgan fingerprint density at radius 1 is 1.35 bits per heavy atom. The van der Waals surface area contributed by atoms with Crippen LogP contribution in [0.2, 0.25) is 0 Å². The van der Waals surface area contributed by atoms with Crippen LogP contribution in [0.5, 0.6) is 0 Å². The molecular weight excluding hydrogens is 214 g/mol. The number of carbonyl (C=O) groups excluding carboxylic acids is 1. The van der Waals surface area contributed by atoms with Crippen molar-refractivity contribution in [1.82, 2.24) is 4.98 Å². The number of nitrogens with one attached hydrogen (secondary N) is 1. The topological polar surface area (TPSA) is 68.0 Å². The van der Waals surface area contributed by atoms with Crippen molar-refractivity contribution in [2.75, 3.05) is 11.1 Å². The summed E-state index contributed by atoms with van der Waals surface area (Å²) in [5.74, 6) is 0.470. The van der Waals surface area contributed by atoms with E-state index in [4.69, 9.17) is 5.73 Å². The first-order valence-corrected chi connectivity index (χ1v) is 5.80. The minimum atomic E-state index is 0.00500. The second kappa shape index (κ2) is 3.45. The minimum Gasteiger partial charge on any atom is -0.396 e. The fourth-order valence-electron chi connectivity index (χ4n) is 2.56. The van der Waals surface area contributed by atoms with Crippen LogP contribution in [0, 0.1) is 16.7 Å². The third-order valence-electron chi connectivity index (χ3n) is 4.36. The van der Waals surface area contributed by atoms with E-state index in [0.29, 0.717) is 11.5 Å². The Kier molecular flexibility index (Phi) is 2.42. The van der Waals surface area contributed by atoms with Crippen LogP contribution in [0.25, 0.3) is 0 Å². The Bertz CT molecular complexity index is 451. The molecule has 0 unspecified atom stereocenters. The summed E-state index contributed by atoms with van der Waals surface area (Å²) in [5, 5.41) is 2.81. The van der Waals surface area contributed by atoms with Crippen LogP contribution in [0.15, 0.2) is 18.3 Å². The van der Waals surface area contributed by atoms with Crippen molar-refractivity contribution < 1.29 is 4.79 Å². The van der Waals surface area contributed by atoms with Crippen molar-refractivity contribution in [2.45, 2.75) is 27.7 Å². The molecule has 1 fully saturated rings. The summed E-state index contributed by atoms with van der Waals surface area (Å²) < 4.78 is 0. The molecule has 0 saturated heterocycles. The van der Waals surface area contributed by atoms with Gasteiger partial charge in [0.05, 0.1) is 5.69 Å². The van der Waals surface area contributed by atoms with Crippen molar-refractivity contribution in [3.63, 3.8) is 0 Å². The van der Waals surface area contributed by atoms with Gasteiger partial charge in [0.1, 0.15) is 0 Å². The van der Waals surface area contributed by atoms with E-state index in [0.717, 1.165) is 0 Å². The molecule has 1 aliphatic carbocycles. The van der Waals surface area contributed by atoms with E-state index < -0.39 is 0 Å². The largest absolute Gasteiger partial charge is 0.396 e. The fraction of sp³-hybridized carbons (Fsp3) is 0.538. The molecule has 0 aliphatic heterocycles. The molecule has 1 aromatic heterocycles. The van der Waals surface area contributed by atoms with Gasteiger partial charge >= 0.3 is 0 Å². The van der Waals surface area contributed by atoms with Crippen molar-refractivity contribution >= 4 is 17.4 Å². The predicted molar refractivity (Wildman–Crippen MR) is 68.3 cm³/mol. The van der Waals surface area contributed by atoms with Gasteiger partial charge in [-0.2, -0.15) is 0 Å². The number of nitrogen functional groups attached to an aromatic ring is 1. The second-order valence-corrected chi connectivity index (χ2v) is 5.81. The molecule has 0 atom stereocenters. The van der Waals surface area contributed by atoms with Gasteiger partial charge < -0.3 is 11.1 Å². The highest BCUT2D eigenvalue weighted by atomic mass is 16.2. The average molecular weight is 233 g/mol. The molecule has 1 aliphatic rings. The minimum absolute atomic E-state index is 0.00500. The van der Waals surface area contributed by atoms with Gasteiger partial charge in [-0.3, -0.25) is 4.79 Å². The standard InChI is InChI=1S/C13H19N3O/c1-12(2)9(13(12,3)4)11(17)16-10-8(14)6-5-7-15-10/h5-7,9H,14H2,1-4H3,(H,15,16,17). The summed E-state index contributed by atoms with van der Waals surface area (Å²) in [7, 11) is 0. The number of carbonyl (C=O) groups is 1.